The number of hydrogen-bond donors (Lipinski definition) is 3. The van der Waals surface area contributed by atoms with Gasteiger partial charge in [-0.15, -0.1) is 0 Å². The number of nitrogens with one attached hydrogen (secondary N) is 3. The largest absolute Gasteiger partial charge is 0.466 e. The van der Waals surface area contributed by atoms with Crippen molar-refractivity contribution >= 4 is 29.7 Å². The number of aryl methyl sites for hydroxylation is 1. The Morgan fingerprint density at radius 2 is 1.76 bits per heavy atom. The molecule has 11 heteroatoms. The summed E-state index contributed by atoms with van der Waals surface area (Å²) in [5.74, 6) is -0.987. The minimum Gasteiger partial charge on any atom is -0.466 e. The highest BCUT2D eigenvalue weighted by Gasteiger charge is 2.17. The predicted octanol–water partition coefficient (Wildman–Crippen LogP) is 0.956. The molecule has 29 heavy (non-hydrogen) atoms. The SMILES string of the molecule is CCOC(=O)CCNC(=O)c1nc(NC(=O)CCNC(=O)OC(C)(C)C)cn1C. The van der Waals surface area contributed by atoms with Gasteiger partial charge in [0, 0.05) is 32.8 Å². The number of carbonyl (C=O) groups is 4. The van der Waals surface area contributed by atoms with E-state index in [1.807, 2.05) is 0 Å². The van der Waals surface area contributed by atoms with Gasteiger partial charge < -0.3 is 30.0 Å². The van der Waals surface area contributed by atoms with Gasteiger partial charge in [-0.1, -0.05) is 0 Å². The molecule has 11 nitrogen and oxygen atoms in total. The minimum absolute atomic E-state index is 0.0108. The van der Waals surface area contributed by atoms with Gasteiger partial charge in [0.25, 0.3) is 5.91 Å². The number of esters is 1. The van der Waals surface area contributed by atoms with Crippen LogP contribution in [0.3, 0.4) is 0 Å². The number of nitrogens with zero attached hydrogens (tertiary/aromatic N) is 2. The van der Waals surface area contributed by atoms with E-state index in [1.165, 1.54) is 10.8 Å². The predicted molar refractivity (Wildman–Crippen MR) is 104 cm³/mol. The molecule has 0 saturated heterocycles. The van der Waals surface area contributed by atoms with Crippen LogP contribution < -0.4 is 16.0 Å². The molecule has 1 heterocycles. The summed E-state index contributed by atoms with van der Waals surface area (Å²) in [6, 6.07) is 0. The van der Waals surface area contributed by atoms with Crippen LogP contribution in [0.1, 0.15) is 51.2 Å². The number of alkyl carbamates (subject to hydrolysis) is 1. The van der Waals surface area contributed by atoms with Gasteiger partial charge in [-0.25, -0.2) is 9.78 Å². The second kappa shape index (κ2) is 11.0. The third-order valence-corrected chi connectivity index (χ3v) is 3.29. The molecule has 1 aromatic heterocycles. The number of imidazole rings is 1. The van der Waals surface area contributed by atoms with Crippen molar-refractivity contribution in [1.82, 2.24) is 20.2 Å². The number of anilines is 1. The Morgan fingerprint density at radius 3 is 2.38 bits per heavy atom. The van der Waals surface area contributed by atoms with Crippen LogP contribution in [0.4, 0.5) is 10.6 Å². The van der Waals surface area contributed by atoms with E-state index in [2.05, 4.69) is 20.9 Å². The molecule has 3 amide bonds. The molecule has 1 aromatic rings. The van der Waals surface area contributed by atoms with Crippen molar-refractivity contribution in [1.29, 1.82) is 0 Å². The Kier molecular flexibility index (Phi) is 9.10. The topological polar surface area (TPSA) is 141 Å². The zero-order valence-electron chi connectivity index (χ0n) is 17.5. The highest BCUT2D eigenvalue weighted by atomic mass is 16.6. The first kappa shape index (κ1) is 23.9. The minimum atomic E-state index is -0.617. The van der Waals surface area contributed by atoms with Gasteiger partial charge in [0.2, 0.25) is 11.7 Å². The lowest BCUT2D eigenvalue weighted by molar-refractivity contribution is -0.142. The maximum absolute atomic E-state index is 12.1. The summed E-state index contributed by atoms with van der Waals surface area (Å²) < 4.78 is 11.3. The number of ether oxygens (including phenoxy) is 2. The number of hydrogen-bond acceptors (Lipinski definition) is 7. The third-order valence-electron chi connectivity index (χ3n) is 3.29. The van der Waals surface area contributed by atoms with Crippen LogP contribution >= 0.6 is 0 Å². The molecule has 0 fully saturated rings. The van der Waals surface area contributed by atoms with Crippen LogP contribution in [0, 0.1) is 0 Å². The van der Waals surface area contributed by atoms with Crippen molar-refractivity contribution in [3.05, 3.63) is 12.0 Å². The average molecular weight is 411 g/mol. The average Bonchev–Trinajstić information content (AvgIpc) is 2.93. The van der Waals surface area contributed by atoms with Crippen molar-refractivity contribution in [2.45, 2.75) is 46.1 Å². The van der Waals surface area contributed by atoms with E-state index in [0.717, 1.165) is 0 Å². The van der Waals surface area contributed by atoms with Gasteiger partial charge in [0.15, 0.2) is 5.82 Å². The fraction of sp³-hybridized carbons (Fsp3) is 0.611. The number of rotatable bonds is 9. The Labute approximate surface area is 169 Å². The molecule has 0 atom stereocenters. The first-order chi connectivity index (χ1) is 13.5. The summed E-state index contributed by atoms with van der Waals surface area (Å²) in [4.78, 5) is 51.0. The van der Waals surface area contributed by atoms with Gasteiger partial charge >= 0.3 is 12.1 Å². The molecule has 0 saturated carbocycles. The second-order valence-corrected chi connectivity index (χ2v) is 7.10. The molecule has 0 spiro atoms. The van der Waals surface area contributed by atoms with Gasteiger partial charge in [-0.05, 0) is 27.7 Å². The van der Waals surface area contributed by atoms with Crippen molar-refractivity contribution in [2.24, 2.45) is 7.05 Å². The lowest BCUT2D eigenvalue weighted by Gasteiger charge is -2.19. The van der Waals surface area contributed by atoms with Crippen LogP contribution in [0.5, 0.6) is 0 Å². The summed E-state index contributed by atoms with van der Waals surface area (Å²) in [6.07, 6.45) is 0.944. The number of aromatic nitrogens is 2. The first-order valence-corrected chi connectivity index (χ1v) is 9.25. The number of carbonyl (C=O) groups excluding carboxylic acids is 4. The van der Waals surface area contributed by atoms with Crippen molar-refractivity contribution in [2.75, 3.05) is 25.0 Å². The molecule has 0 aliphatic rings. The van der Waals surface area contributed by atoms with E-state index >= 15 is 0 Å². The van der Waals surface area contributed by atoms with E-state index in [1.54, 1.807) is 34.7 Å². The molecule has 0 aromatic carbocycles. The molecule has 0 aliphatic carbocycles. The lowest BCUT2D eigenvalue weighted by Crippen LogP contribution is -2.34. The van der Waals surface area contributed by atoms with E-state index in [0.29, 0.717) is 0 Å². The maximum Gasteiger partial charge on any atom is 0.407 e. The smallest absolute Gasteiger partial charge is 0.407 e. The normalized spacial score (nSPS) is 10.8. The Hall–Kier alpha value is -3.11. The summed E-state index contributed by atoms with van der Waals surface area (Å²) in [7, 11) is 1.60. The first-order valence-electron chi connectivity index (χ1n) is 9.25. The van der Waals surface area contributed by atoms with E-state index < -0.39 is 23.6 Å². The van der Waals surface area contributed by atoms with Gasteiger partial charge in [0.1, 0.15) is 5.60 Å². The second-order valence-electron chi connectivity index (χ2n) is 7.10. The highest BCUT2D eigenvalue weighted by Crippen LogP contribution is 2.08. The van der Waals surface area contributed by atoms with Gasteiger partial charge in [-0.2, -0.15) is 0 Å². The molecule has 0 bridgehead atoms. The summed E-state index contributed by atoms with van der Waals surface area (Å²) in [5, 5.41) is 7.60. The fourth-order valence-electron chi connectivity index (χ4n) is 2.13. The summed E-state index contributed by atoms with van der Waals surface area (Å²) in [6.45, 7) is 7.41. The van der Waals surface area contributed by atoms with Gasteiger partial charge in [0.05, 0.1) is 13.0 Å². The fourth-order valence-corrected chi connectivity index (χ4v) is 2.13. The summed E-state index contributed by atoms with van der Waals surface area (Å²) in [5.41, 5.74) is -0.617. The highest BCUT2D eigenvalue weighted by molar-refractivity contribution is 5.94. The Balaban J connectivity index is 2.44. The van der Waals surface area contributed by atoms with E-state index in [4.69, 9.17) is 9.47 Å². The zero-order chi connectivity index (χ0) is 22.0. The number of amides is 3. The van der Waals surface area contributed by atoms with E-state index in [9.17, 15) is 19.2 Å². The van der Waals surface area contributed by atoms with Crippen molar-refractivity contribution < 1.29 is 28.7 Å². The molecule has 0 radical (unpaired) electrons. The van der Waals surface area contributed by atoms with Crippen LogP contribution in [0.2, 0.25) is 0 Å². The quantitative estimate of drug-likeness (QED) is 0.514. The Morgan fingerprint density at radius 1 is 1.10 bits per heavy atom. The monoisotopic (exact) mass is 411 g/mol. The molecular weight excluding hydrogens is 382 g/mol. The van der Waals surface area contributed by atoms with Crippen LogP contribution in [0.25, 0.3) is 0 Å². The Bertz CT molecular complexity index is 738. The molecule has 0 unspecified atom stereocenters. The van der Waals surface area contributed by atoms with Crippen LogP contribution in [0.15, 0.2) is 6.20 Å². The molecule has 0 aliphatic heterocycles. The van der Waals surface area contributed by atoms with E-state index in [-0.39, 0.29) is 50.1 Å². The maximum atomic E-state index is 12.1. The molecule has 3 N–H and O–H groups in total. The lowest BCUT2D eigenvalue weighted by atomic mass is 10.2. The van der Waals surface area contributed by atoms with Crippen LogP contribution in [-0.2, 0) is 26.1 Å². The third kappa shape index (κ3) is 9.58. The van der Waals surface area contributed by atoms with Crippen LogP contribution in [-0.4, -0.2) is 58.7 Å². The van der Waals surface area contributed by atoms with Gasteiger partial charge in [-0.3, -0.25) is 14.4 Å². The standard InChI is InChI=1S/C18H29N5O6/c1-6-28-14(25)8-10-19-16(26)15-22-12(11-23(15)5)21-13(24)7-9-20-17(27)29-18(2,3)4/h11H,6-10H2,1-5H3,(H,19,26)(H,20,27)(H,21,24). The van der Waals surface area contributed by atoms with Crippen molar-refractivity contribution in [3.8, 4) is 0 Å². The molecule has 1 rings (SSSR count). The molecular formula is C18H29N5O6. The zero-order valence-corrected chi connectivity index (χ0v) is 17.5. The van der Waals surface area contributed by atoms with Crippen molar-refractivity contribution in [3.63, 3.8) is 0 Å². The molecule has 162 valence electrons. The summed E-state index contributed by atoms with van der Waals surface area (Å²) >= 11 is 0.